The van der Waals surface area contributed by atoms with E-state index in [-0.39, 0.29) is 5.57 Å². The van der Waals surface area contributed by atoms with Crippen LogP contribution in [0, 0.1) is 11.3 Å². The first-order chi connectivity index (χ1) is 18.1. The van der Waals surface area contributed by atoms with Crippen molar-refractivity contribution in [3.05, 3.63) is 112 Å². The molecule has 1 N–H and O–H groups in total. The van der Waals surface area contributed by atoms with Crippen LogP contribution in [0.5, 0.6) is 0 Å². The SMILES string of the molecule is N#C/C(=C\c1cn(Cc2ccccc2)c2ccccc12)C(=O)Nc1nnc(SCc2ccc(Br)cc2)s1. The van der Waals surface area contributed by atoms with Crippen molar-refractivity contribution in [2.24, 2.45) is 0 Å². The lowest BCUT2D eigenvalue weighted by Gasteiger charge is -2.05. The Morgan fingerprint density at radius 2 is 1.78 bits per heavy atom. The summed E-state index contributed by atoms with van der Waals surface area (Å²) in [6.45, 7) is 0.689. The molecule has 2 heterocycles. The maximum atomic E-state index is 12.9. The number of nitrogens with zero attached hydrogens (tertiary/aromatic N) is 4. The van der Waals surface area contributed by atoms with Gasteiger partial charge in [0.15, 0.2) is 4.34 Å². The molecule has 0 radical (unpaired) electrons. The molecule has 0 bridgehead atoms. The molecule has 0 spiro atoms. The molecule has 182 valence electrons. The number of aromatic nitrogens is 3. The van der Waals surface area contributed by atoms with E-state index in [1.54, 1.807) is 17.8 Å². The number of hydrogen-bond donors (Lipinski definition) is 1. The molecule has 3 aromatic carbocycles. The number of amides is 1. The zero-order valence-electron chi connectivity index (χ0n) is 19.5. The number of carbonyl (C=O) groups excluding carboxylic acids is 1. The van der Waals surface area contributed by atoms with Crippen LogP contribution >= 0.6 is 39.0 Å². The molecule has 0 fully saturated rings. The largest absolute Gasteiger partial charge is 0.342 e. The summed E-state index contributed by atoms with van der Waals surface area (Å²) in [6.07, 6.45) is 3.60. The van der Waals surface area contributed by atoms with Gasteiger partial charge in [0.05, 0.1) is 0 Å². The minimum atomic E-state index is -0.511. The average Bonchev–Trinajstić information content (AvgIpc) is 3.51. The molecular weight excluding hydrogens is 566 g/mol. The quantitative estimate of drug-likeness (QED) is 0.0905. The smallest absolute Gasteiger partial charge is 0.268 e. The van der Waals surface area contributed by atoms with Crippen LogP contribution in [0.25, 0.3) is 17.0 Å². The van der Waals surface area contributed by atoms with E-state index in [4.69, 9.17) is 0 Å². The molecule has 0 unspecified atom stereocenters. The van der Waals surface area contributed by atoms with Crippen LogP contribution in [-0.2, 0) is 17.1 Å². The second kappa shape index (κ2) is 11.6. The molecule has 6 nitrogen and oxygen atoms in total. The van der Waals surface area contributed by atoms with E-state index in [1.807, 2.05) is 79.0 Å². The Bertz CT molecular complexity index is 1620. The van der Waals surface area contributed by atoms with Gasteiger partial charge in [-0.2, -0.15) is 5.26 Å². The fraction of sp³-hybridized carbons (Fsp3) is 0.0714. The van der Waals surface area contributed by atoms with E-state index < -0.39 is 5.91 Å². The molecule has 5 aromatic rings. The average molecular weight is 587 g/mol. The number of nitriles is 1. The Hall–Kier alpha value is -3.71. The van der Waals surface area contributed by atoms with Crippen molar-refractivity contribution in [2.75, 3.05) is 5.32 Å². The summed E-state index contributed by atoms with van der Waals surface area (Å²) in [4.78, 5) is 12.9. The summed E-state index contributed by atoms with van der Waals surface area (Å²) in [5.41, 5.74) is 4.17. The van der Waals surface area contributed by atoms with Crippen LogP contribution in [0.3, 0.4) is 0 Å². The van der Waals surface area contributed by atoms with E-state index in [1.165, 1.54) is 16.9 Å². The third-order valence-electron chi connectivity index (χ3n) is 5.58. The molecule has 0 aliphatic rings. The molecule has 9 heteroatoms. The highest BCUT2D eigenvalue weighted by Gasteiger charge is 2.15. The first-order valence-corrected chi connectivity index (χ1v) is 13.9. The van der Waals surface area contributed by atoms with Gasteiger partial charge in [-0.3, -0.25) is 10.1 Å². The predicted molar refractivity (Wildman–Crippen MR) is 153 cm³/mol. The second-order valence-corrected chi connectivity index (χ2v) is 11.2. The van der Waals surface area contributed by atoms with Gasteiger partial charge in [-0.15, -0.1) is 10.2 Å². The molecule has 0 aliphatic heterocycles. The Kier molecular flexibility index (Phi) is 7.80. The molecule has 0 saturated heterocycles. The Morgan fingerprint density at radius 1 is 1.03 bits per heavy atom. The van der Waals surface area contributed by atoms with Crippen LogP contribution in [0.15, 0.2) is 99.4 Å². The lowest BCUT2D eigenvalue weighted by atomic mass is 10.1. The Balaban J connectivity index is 1.31. The first-order valence-electron chi connectivity index (χ1n) is 11.3. The number of hydrogen-bond acceptors (Lipinski definition) is 6. The summed E-state index contributed by atoms with van der Waals surface area (Å²) < 4.78 is 3.90. The molecular formula is C28H20BrN5OS2. The van der Waals surface area contributed by atoms with Gasteiger partial charge in [0, 0.05) is 39.4 Å². The second-order valence-electron chi connectivity index (χ2n) is 8.13. The maximum absolute atomic E-state index is 12.9. The lowest BCUT2D eigenvalue weighted by Crippen LogP contribution is -2.13. The summed E-state index contributed by atoms with van der Waals surface area (Å²) in [6, 6.07) is 28.3. The molecule has 0 saturated carbocycles. The van der Waals surface area contributed by atoms with Gasteiger partial charge >= 0.3 is 0 Å². The third-order valence-corrected chi connectivity index (χ3v) is 8.15. The van der Waals surface area contributed by atoms with Crippen LogP contribution in [0.1, 0.15) is 16.7 Å². The number of carbonyl (C=O) groups is 1. The van der Waals surface area contributed by atoms with Gasteiger partial charge in [0.25, 0.3) is 5.91 Å². The first kappa shape index (κ1) is 25.0. The summed E-state index contributed by atoms with van der Waals surface area (Å²) in [5, 5.41) is 22.0. The van der Waals surface area contributed by atoms with Crippen molar-refractivity contribution in [1.29, 1.82) is 5.26 Å². The molecule has 2 aromatic heterocycles. The van der Waals surface area contributed by atoms with Gasteiger partial charge in [-0.25, -0.2) is 0 Å². The number of rotatable bonds is 8. The van der Waals surface area contributed by atoms with Gasteiger partial charge in [-0.1, -0.05) is 99.7 Å². The molecule has 0 atom stereocenters. The number of benzene rings is 3. The molecule has 37 heavy (non-hydrogen) atoms. The minimum absolute atomic E-state index is 0.00174. The highest BCUT2D eigenvalue weighted by atomic mass is 79.9. The number of thioether (sulfide) groups is 1. The van der Waals surface area contributed by atoms with Crippen molar-refractivity contribution in [1.82, 2.24) is 14.8 Å². The van der Waals surface area contributed by atoms with Gasteiger partial charge in [0.1, 0.15) is 11.6 Å². The Labute approximate surface area is 230 Å². The van der Waals surface area contributed by atoms with E-state index in [2.05, 4.69) is 48.1 Å². The van der Waals surface area contributed by atoms with Crippen molar-refractivity contribution in [3.8, 4) is 6.07 Å². The summed E-state index contributed by atoms with van der Waals surface area (Å²) >= 11 is 6.27. The zero-order valence-corrected chi connectivity index (χ0v) is 22.7. The van der Waals surface area contributed by atoms with Crippen LogP contribution in [0.2, 0.25) is 0 Å². The number of halogens is 1. The monoisotopic (exact) mass is 585 g/mol. The molecule has 0 aliphatic carbocycles. The Morgan fingerprint density at radius 3 is 2.57 bits per heavy atom. The van der Waals surface area contributed by atoms with Gasteiger partial charge < -0.3 is 4.57 Å². The molecule has 1 amide bonds. The third kappa shape index (κ3) is 6.17. The lowest BCUT2D eigenvalue weighted by molar-refractivity contribution is -0.112. The standard InChI is InChI=1S/C28H20BrN5OS2/c29-23-12-10-20(11-13-23)18-36-28-33-32-27(37-28)31-26(35)21(15-30)14-22-17-34(16-19-6-2-1-3-7-19)25-9-5-4-8-24(22)25/h1-14,17H,16,18H2,(H,31,32,35)/b21-14+. The summed E-state index contributed by atoms with van der Waals surface area (Å²) in [5.74, 6) is 0.231. The number of fused-ring (bicyclic) bond motifs is 1. The summed E-state index contributed by atoms with van der Waals surface area (Å²) in [7, 11) is 0. The van der Waals surface area contributed by atoms with E-state index in [0.717, 1.165) is 36.6 Å². The number of para-hydroxylation sites is 1. The maximum Gasteiger partial charge on any atom is 0.268 e. The fourth-order valence-corrected chi connectivity index (χ4v) is 5.78. The van der Waals surface area contributed by atoms with Gasteiger partial charge in [0.2, 0.25) is 5.13 Å². The molecule has 5 rings (SSSR count). The van der Waals surface area contributed by atoms with E-state index in [9.17, 15) is 10.1 Å². The van der Waals surface area contributed by atoms with Crippen molar-refractivity contribution in [2.45, 2.75) is 16.6 Å². The van der Waals surface area contributed by atoms with E-state index >= 15 is 0 Å². The van der Waals surface area contributed by atoms with E-state index in [0.29, 0.717) is 11.7 Å². The fourth-order valence-electron chi connectivity index (χ4n) is 3.81. The van der Waals surface area contributed by atoms with Crippen LogP contribution in [-0.4, -0.2) is 20.7 Å². The highest BCUT2D eigenvalue weighted by Crippen LogP contribution is 2.29. The zero-order chi connectivity index (χ0) is 25.6. The predicted octanol–water partition coefficient (Wildman–Crippen LogP) is 7.14. The minimum Gasteiger partial charge on any atom is -0.342 e. The van der Waals surface area contributed by atoms with Crippen molar-refractivity contribution in [3.63, 3.8) is 0 Å². The van der Waals surface area contributed by atoms with Crippen molar-refractivity contribution >= 4 is 67.0 Å². The van der Waals surface area contributed by atoms with Crippen LogP contribution < -0.4 is 5.32 Å². The van der Waals surface area contributed by atoms with Crippen molar-refractivity contribution < 1.29 is 4.79 Å². The highest BCUT2D eigenvalue weighted by molar-refractivity contribution is 9.10. The number of nitrogens with one attached hydrogen (secondary N) is 1. The topological polar surface area (TPSA) is 83.6 Å². The number of anilines is 1. The van der Waals surface area contributed by atoms with Gasteiger partial charge in [-0.05, 0) is 35.4 Å². The van der Waals surface area contributed by atoms with Crippen LogP contribution in [0.4, 0.5) is 5.13 Å². The normalized spacial score (nSPS) is 11.4.